The molecule has 2 rings (SSSR count). The Hall–Kier alpha value is -1.04. The van der Waals surface area contributed by atoms with E-state index < -0.39 is 5.54 Å². The summed E-state index contributed by atoms with van der Waals surface area (Å²) >= 11 is 0. The van der Waals surface area contributed by atoms with Crippen molar-refractivity contribution in [2.24, 2.45) is 5.73 Å². The van der Waals surface area contributed by atoms with E-state index in [9.17, 15) is 4.79 Å². The van der Waals surface area contributed by atoms with Crippen molar-refractivity contribution in [2.45, 2.75) is 37.6 Å². The van der Waals surface area contributed by atoms with E-state index in [0.29, 0.717) is 11.4 Å². The van der Waals surface area contributed by atoms with Crippen molar-refractivity contribution in [1.82, 2.24) is 4.98 Å². The van der Waals surface area contributed by atoms with Gasteiger partial charge >= 0.3 is 0 Å². The predicted octanol–water partition coefficient (Wildman–Crippen LogP) is 2.53. The van der Waals surface area contributed by atoms with E-state index in [1.165, 1.54) is 0 Å². The summed E-state index contributed by atoms with van der Waals surface area (Å²) in [6.07, 6.45) is 7.84. The Morgan fingerprint density at radius 3 is 2.60 bits per heavy atom. The first-order valence-electron chi connectivity index (χ1n) is 6.24. The number of ether oxygens (including phenoxy) is 1. The monoisotopic (exact) mass is 321 g/mol. The van der Waals surface area contributed by atoms with Gasteiger partial charge in [0.05, 0.1) is 18.8 Å². The molecule has 7 heteroatoms. The van der Waals surface area contributed by atoms with Crippen LogP contribution in [-0.2, 0) is 4.79 Å². The van der Waals surface area contributed by atoms with Gasteiger partial charge in [0.15, 0.2) is 0 Å². The number of halogens is 2. The van der Waals surface area contributed by atoms with Gasteiger partial charge in [-0.3, -0.25) is 9.78 Å². The molecule has 0 saturated heterocycles. The molecule has 1 aromatic rings. The smallest absolute Gasteiger partial charge is 0.244 e. The second kappa shape index (κ2) is 8.29. The quantitative estimate of drug-likeness (QED) is 0.896. The molecule has 0 bridgehead atoms. The van der Waals surface area contributed by atoms with Gasteiger partial charge in [0.25, 0.3) is 0 Å². The van der Waals surface area contributed by atoms with Crippen molar-refractivity contribution in [3.05, 3.63) is 18.5 Å². The fraction of sp³-hybridized carbons (Fsp3) is 0.538. The zero-order valence-corrected chi connectivity index (χ0v) is 13.1. The van der Waals surface area contributed by atoms with Gasteiger partial charge in [0.1, 0.15) is 11.4 Å². The molecular weight excluding hydrogens is 301 g/mol. The number of nitrogens with two attached hydrogens (primary N) is 1. The number of hydrogen-bond acceptors (Lipinski definition) is 4. The highest BCUT2D eigenvalue weighted by Crippen LogP contribution is 2.29. The van der Waals surface area contributed by atoms with E-state index in [0.717, 1.165) is 32.1 Å². The maximum Gasteiger partial charge on any atom is 0.244 e. The van der Waals surface area contributed by atoms with E-state index in [1.807, 2.05) is 0 Å². The first kappa shape index (κ1) is 19.0. The molecule has 5 nitrogen and oxygen atoms in total. The van der Waals surface area contributed by atoms with Crippen molar-refractivity contribution < 1.29 is 9.53 Å². The predicted molar refractivity (Wildman–Crippen MR) is 83.9 cm³/mol. The van der Waals surface area contributed by atoms with Crippen LogP contribution in [-0.4, -0.2) is 23.5 Å². The molecule has 0 aliphatic heterocycles. The third-order valence-electron chi connectivity index (χ3n) is 3.45. The number of anilines is 1. The second-order valence-corrected chi connectivity index (χ2v) is 4.75. The lowest BCUT2D eigenvalue weighted by molar-refractivity contribution is -0.122. The molecule has 1 heterocycles. The fourth-order valence-electron chi connectivity index (χ4n) is 2.31. The minimum Gasteiger partial charge on any atom is -0.494 e. The number of hydrogen-bond donors (Lipinski definition) is 2. The van der Waals surface area contributed by atoms with E-state index in [2.05, 4.69) is 10.3 Å². The lowest BCUT2D eigenvalue weighted by Gasteiger charge is -2.31. The molecule has 0 radical (unpaired) electrons. The van der Waals surface area contributed by atoms with Gasteiger partial charge in [-0.2, -0.15) is 0 Å². The summed E-state index contributed by atoms with van der Waals surface area (Å²) in [5.74, 6) is 0.450. The SMILES string of the molecule is COc1ccncc1NC(=O)C1(N)CCCCC1.Cl.Cl. The minimum absolute atomic E-state index is 0. The summed E-state index contributed by atoms with van der Waals surface area (Å²) in [4.78, 5) is 16.2. The second-order valence-electron chi connectivity index (χ2n) is 4.75. The average Bonchev–Trinajstić information content (AvgIpc) is 2.40. The number of nitrogens with zero attached hydrogens (tertiary/aromatic N) is 1. The number of rotatable bonds is 3. The number of amides is 1. The zero-order chi connectivity index (χ0) is 13.0. The highest BCUT2D eigenvalue weighted by atomic mass is 35.5. The number of carbonyl (C=O) groups excluding carboxylic acids is 1. The van der Waals surface area contributed by atoms with Crippen LogP contribution >= 0.6 is 24.8 Å². The van der Waals surface area contributed by atoms with E-state index in [1.54, 1.807) is 25.6 Å². The molecule has 0 unspecified atom stereocenters. The maximum absolute atomic E-state index is 12.2. The van der Waals surface area contributed by atoms with Crippen molar-refractivity contribution in [3.63, 3.8) is 0 Å². The van der Waals surface area contributed by atoms with Crippen LogP contribution in [0.5, 0.6) is 5.75 Å². The van der Waals surface area contributed by atoms with Gasteiger partial charge < -0.3 is 15.8 Å². The van der Waals surface area contributed by atoms with Gasteiger partial charge in [0, 0.05) is 12.3 Å². The topological polar surface area (TPSA) is 77.2 Å². The Bertz CT molecular complexity index is 437. The highest BCUT2D eigenvalue weighted by Gasteiger charge is 2.35. The Morgan fingerprint density at radius 2 is 2.00 bits per heavy atom. The lowest BCUT2D eigenvalue weighted by atomic mass is 9.82. The molecule has 1 aliphatic rings. The third kappa shape index (κ3) is 4.23. The number of pyridine rings is 1. The number of carbonyl (C=O) groups is 1. The van der Waals surface area contributed by atoms with Gasteiger partial charge in [-0.05, 0) is 12.8 Å². The van der Waals surface area contributed by atoms with Crippen LogP contribution in [0, 0.1) is 0 Å². The largest absolute Gasteiger partial charge is 0.494 e. The van der Waals surface area contributed by atoms with Crippen molar-refractivity contribution in [3.8, 4) is 5.75 Å². The fourth-order valence-corrected chi connectivity index (χ4v) is 2.31. The summed E-state index contributed by atoms with van der Waals surface area (Å²) in [5, 5.41) is 2.82. The van der Waals surface area contributed by atoms with Crippen LogP contribution in [0.4, 0.5) is 5.69 Å². The van der Waals surface area contributed by atoms with Crippen LogP contribution in [0.1, 0.15) is 32.1 Å². The van der Waals surface area contributed by atoms with Crippen LogP contribution in [0.15, 0.2) is 18.5 Å². The Kier molecular flexibility index (Phi) is 7.86. The van der Waals surface area contributed by atoms with Gasteiger partial charge in [-0.1, -0.05) is 19.3 Å². The van der Waals surface area contributed by atoms with E-state index in [-0.39, 0.29) is 30.7 Å². The molecule has 20 heavy (non-hydrogen) atoms. The zero-order valence-electron chi connectivity index (χ0n) is 11.4. The summed E-state index contributed by atoms with van der Waals surface area (Å²) in [6, 6.07) is 1.71. The normalized spacial score (nSPS) is 16.3. The minimum atomic E-state index is -0.751. The van der Waals surface area contributed by atoms with Crippen LogP contribution in [0.25, 0.3) is 0 Å². The Morgan fingerprint density at radius 1 is 1.35 bits per heavy atom. The summed E-state index contributed by atoms with van der Waals surface area (Å²) in [6.45, 7) is 0. The Balaban J connectivity index is 0.00000180. The average molecular weight is 322 g/mol. The molecule has 0 atom stereocenters. The van der Waals surface area contributed by atoms with Crippen LogP contribution in [0.2, 0.25) is 0 Å². The third-order valence-corrected chi connectivity index (χ3v) is 3.45. The molecule has 1 amide bonds. The molecule has 1 saturated carbocycles. The first-order valence-corrected chi connectivity index (χ1v) is 6.24. The summed E-state index contributed by atoms with van der Waals surface area (Å²) in [7, 11) is 1.56. The lowest BCUT2D eigenvalue weighted by Crippen LogP contribution is -2.52. The molecule has 3 N–H and O–H groups in total. The van der Waals surface area contributed by atoms with E-state index in [4.69, 9.17) is 10.5 Å². The molecular formula is C13H21Cl2N3O2. The van der Waals surface area contributed by atoms with Crippen molar-refractivity contribution in [2.75, 3.05) is 12.4 Å². The molecule has 0 aromatic carbocycles. The molecule has 1 fully saturated rings. The molecule has 0 spiro atoms. The van der Waals surface area contributed by atoms with Crippen molar-refractivity contribution in [1.29, 1.82) is 0 Å². The first-order chi connectivity index (χ1) is 8.65. The maximum atomic E-state index is 12.2. The summed E-state index contributed by atoms with van der Waals surface area (Å²) < 4.78 is 5.17. The summed E-state index contributed by atoms with van der Waals surface area (Å²) in [5.41, 5.74) is 5.99. The van der Waals surface area contributed by atoms with Crippen molar-refractivity contribution >= 4 is 36.4 Å². The van der Waals surface area contributed by atoms with Crippen LogP contribution < -0.4 is 15.8 Å². The van der Waals surface area contributed by atoms with Gasteiger partial charge in [0.2, 0.25) is 5.91 Å². The van der Waals surface area contributed by atoms with Crippen LogP contribution in [0.3, 0.4) is 0 Å². The molecule has 1 aliphatic carbocycles. The molecule has 114 valence electrons. The van der Waals surface area contributed by atoms with E-state index >= 15 is 0 Å². The van der Waals surface area contributed by atoms with Gasteiger partial charge in [-0.15, -0.1) is 24.8 Å². The number of nitrogens with one attached hydrogen (secondary N) is 1. The highest BCUT2D eigenvalue weighted by molar-refractivity contribution is 5.98. The number of aromatic nitrogens is 1. The standard InChI is InChI=1S/C13H19N3O2.2ClH/c1-18-11-5-8-15-9-10(11)16-12(17)13(14)6-3-2-4-7-13;;/h5,8-9H,2-4,6-7,14H2,1H3,(H,16,17);2*1H. The Labute approximate surface area is 131 Å². The number of methoxy groups -OCH3 is 1. The van der Waals surface area contributed by atoms with Gasteiger partial charge in [-0.25, -0.2) is 0 Å². The molecule has 1 aromatic heterocycles.